The van der Waals surface area contributed by atoms with E-state index in [9.17, 15) is 19.5 Å². The summed E-state index contributed by atoms with van der Waals surface area (Å²) in [7, 11) is 1.52. The van der Waals surface area contributed by atoms with Gasteiger partial charge < -0.3 is 24.9 Å². The Labute approximate surface area is 155 Å². The number of aromatic amines is 1. The van der Waals surface area contributed by atoms with Crippen LogP contribution in [0.25, 0.3) is 10.9 Å². The topological polar surface area (TPSA) is 118 Å². The summed E-state index contributed by atoms with van der Waals surface area (Å²) in [5.74, 6) is -2.94. The van der Waals surface area contributed by atoms with Gasteiger partial charge in [0.25, 0.3) is 0 Å². The van der Waals surface area contributed by atoms with Gasteiger partial charge in [-0.05, 0) is 30.5 Å². The maximum Gasteiger partial charge on any atom is 0.356 e. The van der Waals surface area contributed by atoms with Crippen LogP contribution in [0, 0.1) is 17.3 Å². The highest BCUT2D eigenvalue weighted by molar-refractivity contribution is 6.12. The molecule has 1 saturated carbocycles. The average Bonchev–Trinajstić information content (AvgIpc) is 3.03. The molecule has 0 aliphatic heterocycles. The Morgan fingerprint density at radius 1 is 1.26 bits per heavy atom. The molecule has 0 radical (unpaired) electrons. The minimum Gasteiger partial charge on any atom is -0.497 e. The lowest BCUT2D eigenvalue weighted by Gasteiger charge is -2.08. The molecule has 144 valence electrons. The highest BCUT2D eigenvalue weighted by Crippen LogP contribution is 2.58. The number of ether oxygens (including phenoxy) is 2. The number of anilines is 1. The molecule has 2 aromatic rings. The zero-order valence-electron chi connectivity index (χ0n) is 15.6. The fraction of sp³-hybridized carbons (Fsp3) is 0.421. The number of rotatable bonds is 6. The van der Waals surface area contributed by atoms with Gasteiger partial charge in [-0.3, -0.25) is 9.59 Å². The lowest BCUT2D eigenvalue weighted by molar-refractivity contribution is -0.140. The summed E-state index contributed by atoms with van der Waals surface area (Å²) < 4.78 is 10.3. The second-order valence-corrected chi connectivity index (χ2v) is 7.11. The molecule has 2 atom stereocenters. The number of methoxy groups -OCH3 is 1. The molecule has 8 nitrogen and oxygen atoms in total. The fourth-order valence-electron chi connectivity index (χ4n) is 3.57. The van der Waals surface area contributed by atoms with Crippen LogP contribution in [0.5, 0.6) is 5.75 Å². The number of aliphatic carboxylic acids is 1. The van der Waals surface area contributed by atoms with Crippen molar-refractivity contribution in [2.75, 3.05) is 19.0 Å². The van der Waals surface area contributed by atoms with Crippen LogP contribution in [-0.4, -0.2) is 41.7 Å². The van der Waals surface area contributed by atoms with Gasteiger partial charge in [-0.25, -0.2) is 4.79 Å². The summed E-state index contributed by atoms with van der Waals surface area (Å²) >= 11 is 0. The maximum absolute atomic E-state index is 12.8. The van der Waals surface area contributed by atoms with Crippen LogP contribution in [0.15, 0.2) is 18.2 Å². The summed E-state index contributed by atoms with van der Waals surface area (Å²) in [6, 6.07) is 5.15. The van der Waals surface area contributed by atoms with Crippen LogP contribution in [0.3, 0.4) is 0 Å². The Morgan fingerprint density at radius 2 is 1.96 bits per heavy atom. The van der Waals surface area contributed by atoms with E-state index >= 15 is 0 Å². The fourth-order valence-corrected chi connectivity index (χ4v) is 3.57. The van der Waals surface area contributed by atoms with E-state index < -0.39 is 35.1 Å². The van der Waals surface area contributed by atoms with Crippen molar-refractivity contribution in [3.63, 3.8) is 0 Å². The summed E-state index contributed by atoms with van der Waals surface area (Å²) in [4.78, 5) is 39.4. The van der Waals surface area contributed by atoms with E-state index in [0.29, 0.717) is 16.7 Å². The van der Waals surface area contributed by atoms with Crippen LogP contribution in [0.2, 0.25) is 0 Å². The number of carbonyl (C=O) groups is 3. The highest BCUT2D eigenvalue weighted by Gasteiger charge is 2.66. The number of aromatic nitrogens is 1. The van der Waals surface area contributed by atoms with E-state index in [1.165, 1.54) is 7.11 Å². The van der Waals surface area contributed by atoms with Crippen molar-refractivity contribution in [2.24, 2.45) is 17.3 Å². The molecular formula is C19H22N2O6. The van der Waals surface area contributed by atoms with E-state index in [1.54, 1.807) is 39.0 Å². The van der Waals surface area contributed by atoms with Gasteiger partial charge in [-0.2, -0.15) is 0 Å². The Balaban J connectivity index is 2.01. The molecule has 0 bridgehead atoms. The normalized spacial score (nSPS) is 20.1. The molecule has 1 amide bonds. The Bertz CT molecular complexity index is 930. The van der Waals surface area contributed by atoms with Gasteiger partial charge in [0, 0.05) is 10.9 Å². The first-order chi connectivity index (χ1) is 12.7. The van der Waals surface area contributed by atoms with Gasteiger partial charge in [0.05, 0.1) is 31.2 Å². The summed E-state index contributed by atoms with van der Waals surface area (Å²) in [5, 5.41) is 12.6. The van der Waals surface area contributed by atoms with E-state index in [4.69, 9.17) is 9.47 Å². The predicted molar refractivity (Wildman–Crippen MR) is 97.8 cm³/mol. The van der Waals surface area contributed by atoms with Gasteiger partial charge in [0.1, 0.15) is 11.4 Å². The third-order valence-electron chi connectivity index (χ3n) is 5.11. The van der Waals surface area contributed by atoms with Crippen LogP contribution in [0.4, 0.5) is 5.69 Å². The molecule has 1 aliphatic carbocycles. The SMILES string of the molecule is CCOC(=O)c1[nH]c2ccc(OC)cc2c1NC(=O)[C@@H]1[C@H](C(=O)O)C1(C)C. The first kappa shape index (κ1) is 18.8. The molecule has 1 aliphatic rings. The molecule has 27 heavy (non-hydrogen) atoms. The molecule has 8 heteroatoms. The summed E-state index contributed by atoms with van der Waals surface area (Å²) in [6.45, 7) is 5.34. The van der Waals surface area contributed by atoms with E-state index in [1.807, 2.05) is 0 Å². The van der Waals surface area contributed by atoms with Gasteiger partial charge in [-0.15, -0.1) is 0 Å². The second-order valence-electron chi connectivity index (χ2n) is 7.11. The lowest BCUT2D eigenvalue weighted by atomic mass is 10.1. The highest BCUT2D eigenvalue weighted by atomic mass is 16.5. The summed E-state index contributed by atoms with van der Waals surface area (Å²) in [6.07, 6.45) is 0. The first-order valence-electron chi connectivity index (χ1n) is 8.62. The van der Waals surface area contributed by atoms with Crippen LogP contribution in [-0.2, 0) is 14.3 Å². The van der Waals surface area contributed by atoms with Crippen molar-refractivity contribution in [1.29, 1.82) is 0 Å². The molecule has 3 N–H and O–H groups in total. The lowest BCUT2D eigenvalue weighted by Crippen LogP contribution is -2.19. The summed E-state index contributed by atoms with van der Waals surface area (Å²) in [5.41, 5.74) is 0.348. The minimum atomic E-state index is -1.01. The van der Waals surface area contributed by atoms with E-state index in [0.717, 1.165) is 0 Å². The number of H-pyrrole nitrogens is 1. The van der Waals surface area contributed by atoms with Gasteiger partial charge in [-0.1, -0.05) is 13.8 Å². The van der Waals surface area contributed by atoms with Crippen LogP contribution >= 0.6 is 0 Å². The van der Waals surface area contributed by atoms with Crippen LogP contribution < -0.4 is 10.1 Å². The Kier molecular flexibility index (Phi) is 4.59. The molecular weight excluding hydrogens is 352 g/mol. The number of carboxylic acids is 1. The van der Waals surface area contributed by atoms with Crippen molar-refractivity contribution in [3.8, 4) is 5.75 Å². The number of amides is 1. The van der Waals surface area contributed by atoms with Gasteiger partial charge >= 0.3 is 11.9 Å². The largest absolute Gasteiger partial charge is 0.497 e. The molecule has 3 rings (SSSR count). The third kappa shape index (κ3) is 3.11. The maximum atomic E-state index is 12.8. The van der Waals surface area contributed by atoms with Crippen molar-refractivity contribution in [2.45, 2.75) is 20.8 Å². The van der Waals surface area contributed by atoms with Crippen molar-refractivity contribution >= 4 is 34.4 Å². The number of hydrogen-bond donors (Lipinski definition) is 3. The molecule has 1 fully saturated rings. The number of esters is 1. The number of benzene rings is 1. The molecule has 0 spiro atoms. The predicted octanol–water partition coefficient (Wildman–Crippen LogP) is 2.65. The van der Waals surface area contributed by atoms with Gasteiger partial charge in [0.15, 0.2) is 0 Å². The zero-order chi connectivity index (χ0) is 19.9. The number of carbonyl (C=O) groups excluding carboxylic acids is 2. The molecule has 0 unspecified atom stereocenters. The average molecular weight is 374 g/mol. The molecule has 1 heterocycles. The Morgan fingerprint density at radius 3 is 2.52 bits per heavy atom. The number of fused-ring (bicyclic) bond motifs is 1. The zero-order valence-corrected chi connectivity index (χ0v) is 15.6. The molecule has 0 saturated heterocycles. The molecule has 1 aromatic carbocycles. The molecule has 1 aromatic heterocycles. The van der Waals surface area contributed by atoms with Crippen molar-refractivity contribution in [1.82, 2.24) is 4.98 Å². The van der Waals surface area contributed by atoms with Crippen molar-refractivity contribution < 1.29 is 29.0 Å². The van der Waals surface area contributed by atoms with Crippen LogP contribution in [0.1, 0.15) is 31.3 Å². The Hall–Kier alpha value is -3.03. The quantitative estimate of drug-likeness (QED) is 0.669. The van der Waals surface area contributed by atoms with E-state index in [-0.39, 0.29) is 18.0 Å². The van der Waals surface area contributed by atoms with Gasteiger partial charge in [0.2, 0.25) is 5.91 Å². The monoisotopic (exact) mass is 374 g/mol. The first-order valence-corrected chi connectivity index (χ1v) is 8.62. The number of hydrogen-bond acceptors (Lipinski definition) is 5. The van der Waals surface area contributed by atoms with E-state index in [2.05, 4.69) is 10.3 Å². The smallest absolute Gasteiger partial charge is 0.356 e. The third-order valence-corrected chi connectivity index (χ3v) is 5.11. The minimum absolute atomic E-state index is 0.110. The second kappa shape index (κ2) is 6.61. The number of carboxylic acid groups (broad SMARTS) is 1. The van der Waals surface area contributed by atoms with Crippen molar-refractivity contribution in [3.05, 3.63) is 23.9 Å². The number of nitrogens with one attached hydrogen (secondary N) is 2. The standard InChI is InChI=1S/C19H22N2O6/c1-5-27-18(25)15-14(10-8-9(26-4)6-7-11(10)20-15)21-16(22)12-13(17(23)24)19(12,2)3/h6-8,12-13,20H,5H2,1-4H3,(H,21,22)(H,23,24)/t12-,13+/m0/s1.